The maximum atomic E-state index is 2.23. The molecule has 0 aromatic rings. The molecule has 10 heavy (non-hydrogen) atoms. The van der Waals surface area contributed by atoms with Crippen molar-refractivity contribution >= 4 is 0 Å². The first-order valence-electron chi connectivity index (χ1n) is 4.18. The van der Waals surface area contributed by atoms with Gasteiger partial charge in [0.05, 0.1) is 0 Å². The monoisotopic (exact) mass is 138 g/mol. The van der Waals surface area contributed by atoms with Gasteiger partial charge < -0.3 is 0 Å². The SMILES string of the molecule is CC.CCC1=CC=C(C)C1. The minimum atomic E-state index is 1.22. The Morgan fingerprint density at radius 1 is 1.30 bits per heavy atom. The van der Waals surface area contributed by atoms with Gasteiger partial charge in [-0.25, -0.2) is 0 Å². The van der Waals surface area contributed by atoms with Crippen molar-refractivity contribution in [1.29, 1.82) is 0 Å². The van der Waals surface area contributed by atoms with Crippen LogP contribution in [-0.4, -0.2) is 0 Å². The molecule has 0 aliphatic heterocycles. The molecule has 1 aliphatic rings. The van der Waals surface area contributed by atoms with E-state index in [0.29, 0.717) is 0 Å². The van der Waals surface area contributed by atoms with Gasteiger partial charge in [-0.1, -0.05) is 44.1 Å². The highest BCUT2D eigenvalue weighted by Gasteiger charge is 1.99. The summed E-state index contributed by atoms with van der Waals surface area (Å²) in [7, 11) is 0. The molecule has 58 valence electrons. The molecule has 0 aromatic carbocycles. The van der Waals surface area contributed by atoms with Crippen LogP contribution in [0, 0.1) is 0 Å². The first kappa shape index (κ1) is 9.48. The van der Waals surface area contributed by atoms with Crippen LogP contribution in [0.3, 0.4) is 0 Å². The zero-order valence-corrected chi connectivity index (χ0v) is 7.57. The minimum Gasteiger partial charge on any atom is -0.0693 e. The first-order chi connectivity index (χ1) is 4.83. The number of hydrogen-bond donors (Lipinski definition) is 0. The molecule has 0 N–H and O–H groups in total. The molecular weight excluding hydrogens is 120 g/mol. The largest absolute Gasteiger partial charge is 0.0693 e. The maximum Gasteiger partial charge on any atom is -0.0105 e. The van der Waals surface area contributed by atoms with Crippen molar-refractivity contribution < 1.29 is 0 Å². The topological polar surface area (TPSA) is 0 Å². The van der Waals surface area contributed by atoms with Crippen molar-refractivity contribution in [3.05, 3.63) is 23.3 Å². The first-order valence-corrected chi connectivity index (χ1v) is 4.18. The van der Waals surface area contributed by atoms with Crippen LogP contribution in [0.15, 0.2) is 23.3 Å². The number of allylic oxidation sites excluding steroid dienone is 4. The van der Waals surface area contributed by atoms with Gasteiger partial charge in [0.25, 0.3) is 0 Å². The number of rotatable bonds is 1. The Hall–Kier alpha value is -0.520. The summed E-state index contributed by atoms with van der Waals surface area (Å²) in [5, 5.41) is 0. The molecule has 0 atom stereocenters. The van der Waals surface area contributed by atoms with E-state index in [9.17, 15) is 0 Å². The highest BCUT2D eigenvalue weighted by molar-refractivity contribution is 5.28. The highest BCUT2D eigenvalue weighted by atomic mass is 14.1. The molecule has 1 rings (SSSR count). The Morgan fingerprint density at radius 2 is 1.90 bits per heavy atom. The molecule has 0 heteroatoms. The molecular formula is C10H18. The van der Waals surface area contributed by atoms with Gasteiger partial charge in [0, 0.05) is 0 Å². The lowest BCUT2D eigenvalue weighted by atomic mass is 10.1. The fourth-order valence-corrected chi connectivity index (χ4v) is 0.979. The molecule has 0 heterocycles. The van der Waals surface area contributed by atoms with Gasteiger partial charge in [0.15, 0.2) is 0 Å². The van der Waals surface area contributed by atoms with Crippen molar-refractivity contribution in [3.8, 4) is 0 Å². The molecule has 0 fully saturated rings. The summed E-state index contributed by atoms with van der Waals surface area (Å²) in [5.74, 6) is 0. The van der Waals surface area contributed by atoms with Crippen molar-refractivity contribution in [2.75, 3.05) is 0 Å². The van der Waals surface area contributed by atoms with Crippen LogP contribution in [-0.2, 0) is 0 Å². The standard InChI is InChI=1S/C8H12.C2H6/c1-3-8-5-4-7(2)6-8;1-2/h4-5H,3,6H2,1-2H3;1-2H3. The Kier molecular flexibility index (Phi) is 5.00. The molecule has 1 aliphatic carbocycles. The van der Waals surface area contributed by atoms with Crippen LogP contribution < -0.4 is 0 Å². The minimum absolute atomic E-state index is 1.22. The summed E-state index contributed by atoms with van der Waals surface area (Å²) in [6, 6.07) is 0. The van der Waals surface area contributed by atoms with E-state index in [4.69, 9.17) is 0 Å². The van der Waals surface area contributed by atoms with Crippen LogP contribution in [0.5, 0.6) is 0 Å². The van der Waals surface area contributed by atoms with E-state index in [1.54, 1.807) is 5.57 Å². The Bertz CT molecular complexity index is 138. The predicted molar refractivity (Wildman–Crippen MR) is 48.1 cm³/mol. The van der Waals surface area contributed by atoms with Crippen molar-refractivity contribution in [3.63, 3.8) is 0 Å². The average molecular weight is 138 g/mol. The van der Waals surface area contributed by atoms with Crippen LogP contribution in [0.2, 0.25) is 0 Å². The van der Waals surface area contributed by atoms with Gasteiger partial charge in [0.2, 0.25) is 0 Å². The van der Waals surface area contributed by atoms with E-state index >= 15 is 0 Å². The molecule has 0 radical (unpaired) electrons. The van der Waals surface area contributed by atoms with Gasteiger partial charge in [-0.3, -0.25) is 0 Å². The van der Waals surface area contributed by atoms with Crippen molar-refractivity contribution in [2.45, 2.75) is 40.5 Å². The third-order valence-corrected chi connectivity index (χ3v) is 1.56. The summed E-state index contributed by atoms with van der Waals surface area (Å²) >= 11 is 0. The predicted octanol–water partition coefficient (Wildman–Crippen LogP) is 3.70. The zero-order valence-electron chi connectivity index (χ0n) is 7.57. The molecule has 0 unspecified atom stereocenters. The van der Waals surface area contributed by atoms with Crippen LogP contribution in [0.1, 0.15) is 40.5 Å². The third-order valence-electron chi connectivity index (χ3n) is 1.56. The molecule has 0 bridgehead atoms. The fraction of sp³-hybridized carbons (Fsp3) is 0.600. The fourth-order valence-electron chi connectivity index (χ4n) is 0.979. The van der Waals surface area contributed by atoms with Gasteiger partial charge >= 0.3 is 0 Å². The summed E-state index contributed by atoms with van der Waals surface area (Å²) in [5.41, 5.74) is 3.07. The Balaban J connectivity index is 0.000000371. The van der Waals surface area contributed by atoms with Crippen LogP contribution in [0.25, 0.3) is 0 Å². The lowest BCUT2D eigenvalue weighted by Crippen LogP contribution is -1.73. The third kappa shape index (κ3) is 2.86. The lowest BCUT2D eigenvalue weighted by molar-refractivity contribution is 1.02. The van der Waals surface area contributed by atoms with E-state index in [2.05, 4.69) is 26.0 Å². The summed E-state index contributed by atoms with van der Waals surface area (Å²) < 4.78 is 0. The zero-order chi connectivity index (χ0) is 7.98. The highest BCUT2D eigenvalue weighted by Crippen LogP contribution is 2.19. The Labute approximate surface area is 64.6 Å². The second kappa shape index (κ2) is 5.28. The molecule has 0 saturated carbocycles. The summed E-state index contributed by atoms with van der Waals surface area (Å²) in [4.78, 5) is 0. The molecule has 0 spiro atoms. The normalized spacial score (nSPS) is 15.2. The maximum absolute atomic E-state index is 2.23. The van der Waals surface area contributed by atoms with E-state index in [1.807, 2.05) is 13.8 Å². The average Bonchev–Trinajstić information content (AvgIpc) is 2.40. The Morgan fingerprint density at radius 3 is 2.10 bits per heavy atom. The van der Waals surface area contributed by atoms with Gasteiger partial charge in [-0.2, -0.15) is 0 Å². The smallest absolute Gasteiger partial charge is 0.0105 e. The van der Waals surface area contributed by atoms with Crippen LogP contribution in [0.4, 0.5) is 0 Å². The summed E-state index contributed by atoms with van der Waals surface area (Å²) in [6.07, 6.45) is 6.87. The molecule has 0 amide bonds. The second-order valence-electron chi connectivity index (χ2n) is 2.37. The van der Waals surface area contributed by atoms with E-state index in [1.165, 1.54) is 18.4 Å². The molecule has 0 aromatic heterocycles. The van der Waals surface area contributed by atoms with Crippen molar-refractivity contribution in [1.82, 2.24) is 0 Å². The van der Waals surface area contributed by atoms with E-state index < -0.39 is 0 Å². The van der Waals surface area contributed by atoms with Gasteiger partial charge in [-0.15, -0.1) is 0 Å². The second-order valence-corrected chi connectivity index (χ2v) is 2.37. The van der Waals surface area contributed by atoms with E-state index in [0.717, 1.165) is 0 Å². The van der Waals surface area contributed by atoms with E-state index in [-0.39, 0.29) is 0 Å². The van der Waals surface area contributed by atoms with Crippen molar-refractivity contribution in [2.24, 2.45) is 0 Å². The quantitative estimate of drug-likeness (QED) is 0.518. The van der Waals surface area contributed by atoms with Gasteiger partial charge in [-0.05, 0) is 19.8 Å². The molecule has 0 saturated heterocycles. The molecule has 0 nitrogen and oxygen atoms in total. The van der Waals surface area contributed by atoms with Crippen LogP contribution >= 0.6 is 0 Å². The van der Waals surface area contributed by atoms with Gasteiger partial charge in [0.1, 0.15) is 0 Å². The lowest BCUT2D eigenvalue weighted by Gasteiger charge is -1.93. The number of hydrogen-bond acceptors (Lipinski definition) is 0. The summed E-state index contributed by atoms with van der Waals surface area (Å²) in [6.45, 7) is 8.39.